The van der Waals surface area contributed by atoms with Crippen molar-refractivity contribution in [2.75, 3.05) is 11.5 Å². The highest BCUT2D eigenvalue weighted by atomic mass is 32.2. The van der Waals surface area contributed by atoms with Gasteiger partial charge in [0.1, 0.15) is 0 Å². The Kier molecular flexibility index (Phi) is 9.17. The number of hydrogen-bond donors (Lipinski definition) is 0. The molecule has 0 aromatic rings. The van der Waals surface area contributed by atoms with E-state index in [-0.39, 0.29) is 0 Å². The number of allylic oxidation sites excluding steroid dienone is 1. The van der Waals surface area contributed by atoms with Gasteiger partial charge in [0.15, 0.2) is 0 Å². The molecule has 0 aromatic heterocycles. The number of rotatable bonds is 7. The Morgan fingerprint density at radius 3 is 2.60 bits per heavy atom. The van der Waals surface area contributed by atoms with Crippen LogP contribution in [-0.2, 0) is 0 Å². The third-order valence-electron chi connectivity index (χ3n) is 1.24. The van der Waals surface area contributed by atoms with Crippen LogP contribution in [-0.4, -0.2) is 11.5 Å². The van der Waals surface area contributed by atoms with E-state index >= 15 is 0 Å². The third-order valence-corrected chi connectivity index (χ3v) is 2.39. The molecule has 0 amide bonds. The molecule has 0 fully saturated rings. The largest absolute Gasteiger partial charge is 0.162 e. The van der Waals surface area contributed by atoms with Crippen molar-refractivity contribution in [3.63, 3.8) is 0 Å². The molecule has 0 saturated heterocycles. The molecule has 0 unspecified atom stereocenters. The van der Waals surface area contributed by atoms with Gasteiger partial charge in [-0.1, -0.05) is 13.0 Å². The molecule has 0 N–H and O–H groups in total. The monoisotopic (exact) mass is 157 g/mol. The summed E-state index contributed by atoms with van der Waals surface area (Å²) in [6.45, 7) is 7.46. The van der Waals surface area contributed by atoms with Crippen LogP contribution in [0.25, 0.3) is 0 Å². The van der Waals surface area contributed by atoms with Gasteiger partial charge in [-0.25, -0.2) is 0 Å². The second-order valence-electron chi connectivity index (χ2n) is 2.25. The molecule has 0 aliphatic carbocycles. The smallest absolute Gasteiger partial charge is 0.00674 e. The van der Waals surface area contributed by atoms with Crippen molar-refractivity contribution in [1.29, 1.82) is 0 Å². The summed E-state index contributed by atoms with van der Waals surface area (Å²) in [7, 11) is 0. The van der Waals surface area contributed by atoms with Gasteiger partial charge in [0.25, 0.3) is 0 Å². The molecular formula is C9H17S. The molecule has 0 rings (SSSR count). The van der Waals surface area contributed by atoms with E-state index in [9.17, 15) is 0 Å². The van der Waals surface area contributed by atoms with Crippen LogP contribution in [0.5, 0.6) is 0 Å². The fourth-order valence-electron chi connectivity index (χ4n) is 0.697. The summed E-state index contributed by atoms with van der Waals surface area (Å²) in [6, 6.07) is 0. The lowest BCUT2D eigenvalue weighted by Crippen LogP contribution is -1.81. The molecule has 0 saturated carbocycles. The summed E-state index contributed by atoms with van der Waals surface area (Å²) in [5, 5.41) is 0. The van der Waals surface area contributed by atoms with Gasteiger partial charge in [-0.3, -0.25) is 0 Å². The minimum absolute atomic E-state index is 1.06. The van der Waals surface area contributed by atoms with Crippen molar-refractivity contribution in [2.24, 2.45) is 0 Å². The topological polar surface area (TPSA) is 0 Å². The molecule has 1 radical (unpaired) electrons. The lowest BCUT2D eigenvalue weighted by atomic mass is 10.2. The SMILES string of the molecule is [CH2]CCSCCCCC=C. The number of unbranched alkanes of at least 4 members (excludes halogenated alkanes) is 2. The van der Waals surface area contributed by atoms with Crippen LogP contribution in [0.15, 0.2) is 12.7 Å². The van der Waals surface area contributed by atoms with Gasteiger partial charge in [0.2, 0.25) is 0 Å². The molecular weight excluding hydrogens is 140 g/mol. The minimum atomic E-state index is 1.06. The maximum Gasteiger partial charge on any atom is -0.00674 e. The van der Waals surface area contributed by atoms with Crippen LogP contribution in [0.2, 0.25) is 0 Å². The molecule has 0 aromatic carbocycles. The van der Waals surface area contributed by atoms with Crippen molar-refractivity contribution in [3.8, 4) is 0 Å². The first kappa shape index (κ1) is 10.1. The predicted molar refractivity (Wildman–Crippen MR) is 51.3 cm³/mol. The molecule has 0 aliphatic heterocycles. The fourth-order valence-corrected chi connectivity index (χ4v) is 1.51. The quantitative estimate of drug-likeness (QED) is 0.403. The Bertz CT molecular complexity index is 69.1. The second-order valence-corrected chi connectivity index (χ2v) is 3.48. The van der Waals surface area contributed by atoms with Crippen molar-refractivity contribution < 1.29 is 0 Å². The molecule has 0 heterocycles. The summed E-state index contributed by atoms with van der Waals surface area (Å²) in [4.78, 5) is 0. The molecule has 0 aliphatic rings. The zero-order valence-electron chi connectivity index (χ0n) is 6.64. The van der Waals surface area contributed by atoms with Crippen LogP contribution in [0.3, 0.4) is 0 Å². The van der Waals surface area contributed by atoms with Gasteiger partial charge in [-0.15, -0.1) is 6.58 Å². The van der Waals surface area contributed by atoms with E-state index in [1.54, 1.807) is 0 Å². The van der Waals surface area contributed by atoms with E-state index in [0.717, 1.165) is 6.42 Å². The lowest BCUT2D eigenvalue weighted by molar-refractivity contribution is 0.824. The summed E-state index contributed by atoms with van der Waals surface area (Å²) in [5.41, 5.74) is 0. The van der Waals surface area contributed by atoms with Crippen molar-refractivity contribution in [3.05, 3.63) is 19.6 Å². The molecule has 10 heavy (non-hydrogen) atoms. The zero-order valence-corrected chi connectivity index (χ0v) is 7.46. The molecule has 0 atom stereocenters. The Morgan fingerprint density at radius 2 is 2.00 bits per heavy atom. The first-order valence-electron chi connectivity index (χ1n) is 3.89. The number of thioether (sulfide) groups is 1. The van der Waals surface area contributed by atoms with Crippen LogP contribution in [0.1, 0.15) is 25.7 Å². The highest BCUT2D eigenvalue weighted by Crippen LogP contribution is 2.06. The lowest BCUT2D eigenvalue weighted by Gasteiger charge is -1.96. The van der Waals surface area contributed by atoms with E-state index in [4.69, 9.17) is 0 Å². The standard InChI is InChI=1S/C9H17S/c1-3-5-6-7-9-10-8-4-2/h3H,1-2,4-9H2. The fraction of sp³-hybridized carbons (Fsp3) is 0.667. The van der Waals surface area contributed by atoms with Gasteiger partial charge in [-0.2, -0.15) is 11.8 Å². The predicted octanol–water partition coefficient (Wildman–Crippen LogP) is 3.30. The van der Waals surface area contributed by atoms with Crippen LogP contribution in [0, 0.1) is 6.92 Å². The first-order chi connectivity index (χ1) is 4.91. The van der Waals surface area contributed by atoms with Crippen LogP contribution >= 0.6 is 11.8 Å². The minimum Gasteiger partial charge on any atom is -0.162 e. The normalized spacial score (nSPS) is 9.70. The highest BCUT2D eigenvalue weighted by molar-refractivity contribution is 7.99. The average Bonchev–Trinajstić information content (AvgIpc) is 1.97. The zero-order chi connectivity index (χ0) is 7.66. The Labute approximate surface area is 69.1 Å². The average molecular weight is 157 g/mol. The van der Waals surface area contributed by atoms with E-state index in [0.29, 0.717) is 0 Å². The Hall–Kier alpha value is 0.0900. The third kappa shape index (κ3) is 8.09. The van der Waals surface area contributed by atoms with E-state index in [1.807, 2.05) is 17.8 Å². The molecule has 0 bridgehead atoms. The van der Waals surface area contributed by atoms with Crippen LogP contribution < -0.4 is 0 Å². The summed E-state index contributed by atoms with van der Waals surface area (Å²) in [6.07, 6.45) is 6.85. The molecule has 0 nitrogen and oxygen atoms in total. The van der Waals surface area contributed by atoms with Gasteiger partial charge in [-0.05, 0) is 37.2 Å². The second kappa shape index (κ2) is 9.09. The molecule has 0 spiro atoms. The van der Waals surface area contributed by atoms with Crippen LogP contribution in [0.4, 0.5) is 0 Å². The Morgan fingerprint density at radius 1 is 1.20 bits per heavy atom. The van der Waals surface area contributed by atoms with Gasteiger partial charge >= 0.3 is 0 Å². The van der Waals surface area contributed by atoms with E-state index in [2.05, 4.69) is 13.5 Å². The summed E-state index contributed by atoms with van der Waals surface area (Å²) >= 11 is 2.01. The molecule has 59 valence electrons. The summed E-state index contributed by atoms with van der Waals surface area (Å²) < 4.78 is 0. The maximum atomic E-state index is 3.78. The molecule has 1 heteroatoms. The van der Waals surface area contributed by atoms with Crippen molar-refractivity contribution in [2.45, 2.75) is 25.7 Å². The van der Waals surface area contributed by atoms with Gasteiger partial charge in [0, 0.05) is 0 Å². The van der Waals surface area contributed by atoms with E-state index < -0.39 is 0 Å². The van der Waals surface area contributed by atoms with Gasteiger partial charge < -0.3 is 0 Å². The Balaban J connectivity index is 2.70. The highest BCUT2D eigenvalue weighted by Gasteiger charge is 1.86. The summed E-state index contributed by atoms with van der Waals surface area (Å²) in [5.74, 6) is 2.51. The number of hydrogen-bond acceptors (Lipinski definition) is 1. The maximum absolute atomic E-state index is 3.78. The first-order valence-corrected chi connectivity index (χ1v) is 5.05. The van der Waals surface area contributed by atoms with Crippen molar-refractivity contribution in [1.82, 2.24) is 0 Å². The van der Waals surface area contributed by atoms with Gasteiger partial charge in [0.05, 0.1) is 0 Å². The van der Waals surface area contributed by atoms with Crippen molar-refractivity contribution >= 4 is 11.8 Å². The van der Waals surface area contributed by atoms with E-state index in [1.165, 1.54) is 30.8 Å².